The van der Waals surface area contributed by atoms with Crippen LogP contribution in [0.1, 0.15) is 38.7 Å². The average Bonchev–Trinajstić information content (AvgIpc) is 2.54. The lowest BCUT2D eigenvalue weighted by Gasteiger charge is -2.35. The van der Waals surface area contributed by atoms with Crippen LogP contribution in [0, 0.1) is 5.92 Å². The van der Waals surface area contributed by atoms with Gasteiger partial charge in [-0.15, -0.1) is 0 Å². The molecule has 1 aromatic carbocycles. The van der Waals surface area contributed by atoms with Gasteiger partial charge in [-0.25, -0.2) is 0 Å². The average molecular weight is 304 g/mol. The van der Waals surface area contributed by atoms with Gasteiger partial charge in [-0.3, -0.25) is 4.79 Å². The van der Waals surface area contributed by atoms with E-state index in [4.69, 9.17) is 10.5 Å². The van der Waals surface area contributed by atoms with Crippen LogP contribution in [0.25, 0.3) is 0 Å². The lowest BCUT2D eigenvalue weighted by atomic mass is 10.0. The summed E-state index contributed by atoms with van der Waals surface area (Å²) in [4.78, 5) is 14.4. The van der Waals surface area contributed by atoms with Crippen LogP contribution in [-0.2, 0) is 11.2 Å². The number of ether oxygens (including phenoxy) is 1. The quantitative estimate of drug-likeness (QED) is 0.879. The summed E-state index contributed by atoms with van der Waals surface area (Å²) in [5.41, 5.74) is 6.82. The van der Waals surface area contributed by atoms with E-state index in [-0.39, 0.29) is 11.9 Å². The molecule has 1 atom stereocenters. The van der Waals surface area contributed by atoms with Crippen LogP contribution in [0.3, 0.4) is 0 Å². The summed E-state index contributed by atoms with van der Waals surface area (Å²) < 4.78 is 5.67. The first-order chi connectivity index (χ1) is 10.6. The molecule has 1 heterocycles. The van der Waals surface area contributed by atoms with E-state index in [1.54, 1.807) is 0 Å². The number of nitrogens with two attached hydrogens (primary N) is 1. The van der Waals surface area contributed by atoms with Crippen molar-refractivity contribution >= 4 is 5.91 Å². The number of piperidine rings is 1. The summed E-state index contributed by atoms with van der Waals surface area (Å²) in [5, 5.41) is 0. The van der Waals surface area contributed by atoms with Gasteiger partial charge in [-0.05, 0) is 42.9 Å². The molecule has 1 saturated heterocycles. The van der Waals surface area contributed by atoms with E-state index >= 15 is 0 Å². The highest BCUT2D eigenvalue weighted by molar-refractivity contribution is 5.79. The second-order valence-electron chi connectivity index (χ2n) is 6.50. The van der Waals surface area contributed by atoms with Gasteiger partial charge in [0.2, 0.25) is 5.91 Å². The zero-order valence-corrected chi connectivity index (χ0v) is 13.8. The van der Waals surface area contributed by atoms with Gasteiger partial charge in [-0.2, -0.15) is 0 Å². The normalized spacial score (nSPS) is 18.5. The summed E-state index contributed by atoms with van der Waals surface area (Å²) in [5.74, 6) is 1.56. The molecule has 1 unspecified atom stereocenters. The summed E-state index contributed by atoms with van der Waals surface area (Å²) in [7, 11) is 0. The van der Waals surface area contributed by atoms with Gasteiger partial charge >= 0.3 is 0 Å². The third-order valence-corrected chi connectivity index (χ3v) is 4.08. The number of amides is 1. The first kappa shape index (κ1) is 16.8. The van der Waals surface area contributed by atoms with Crippen LogP contribution in [0.4, 0.5) is 0 Å². The van der Waals surface area contributed by atoms with E-state index < -0.39 is 0 Å². The van der Waals surface area contributed by atoms with Gasteiger partial charge in [-0.1, -0.05) is 26.0 Å². The minimum absolute atomic E-state index is 0.186. The summed E-state index contributed by atoms with van der Waals surface area (Å²) in [6.07, 6.45) is 3.74. The van der Waals surface area contributed by atoms with Crippen molar-refractivity contribution in [3.05, 3.63) is 29.8 Å². The maximum absolute atomic E-state index is 12.5. The smallest absolute Gasteiger partial charge is 0.227 e. The predicted octanol–water partition coefficient (Wildman–Crippen LogP) is 2.60. The molecule has 0 saturated carbocycles. The van der Waals surface area contributed by atoms with Crippen molar-refractivity contribution in [1.82, 2.24) is 4.90 Å². The Labute approximate surface area is 133 Å². The lowest BCUT2D eigenvalue weighted by Crippen LogP contribution is -2.48. The molecule has 1 fully saturated rings. The number of carbonyl (C=O) groups excluding carboxylic acids is 1. The first-order valence-corrected chi connectivity index (χ1v) is 8.31. The zero-order chi connectivity index (χ0) is 15.9. The van der Waals surface area contributed by atoms with E-state index in [1.165, 1.54) is 6.42 Å². The van der Waals surface area contributed by atoms with Crippen LogP contribution in [0.5, 0.6) is 5.75 Å². The summed E-state index contributed by atoms with van der Waals surface area (Å²) in [6, 6.07) is 8.07. The molecule has 2 rings (SSSR count). The van der Waals surface area contributed by atoms with Crippen LogP contribution >= 0.6 is 0 Å². The summed E-state index contributed by atoms with van der Waals surface area (Å²) in [6.45, 7) is 6.37. The Hall–Kier alpha value is -1.55. The first-order valence-electron chi connectivity index (χ1n) is 8.31. The highest BCUT2D eigenvalue weighted by Gasteiger charge is 2.25. The monoisotopic (exact) mass is 304 g/mol. The molecular weight excluding hydrogens is 276 g/mol. The van der Waals surface area contributed by atoms with Crippen LogP contribution in [0.15, 0.2) is 24.3 Å². The van der Waals surface area contributed by atoms with Crippen molar-refractivity contribution in [3.8, 4) is 5.75 Å². The van der Waals surface area contributed by atoms with E-state index in [9.17, 15) is 4.79 Å². The minimum Gasteiger partial charge on any atom is -0.493 e. The fraction of sp³-hybridized carbons (Fsp3) is 0.611. The van der Waals surface area contributed by atoms with Crippen molar-refractivity contribution in [2.24, 2.45) is 11.7 Å². The highest BCUT2D eigenvalue weighted by Crippen LogP contribution is 2.19. The Kier molecular flexibility index (Phi) is 6.25. The van der Waals surface area contributed by atoms with Crippen molar-refractivity contribution in [2.75, 3.05) is 19.7 Å². The molecule has 0 spiro atoms. The fourth-order valence-corrected chi connectivity index (χ4v) is 2.82. The second kappa shape index (κ2) is 8.18. The minimum atomic E-state index is 0.186. The predicted molar refractivity (Wildman–Crippen MR) is 88.9 cm³/mol. The third-order valence-electron chi connectivity index (χ3n) is 4.08. The molecule has 22 heavy (non-hydrogen) atoms. The van der Waals surface area contributed by atoms with Gasteiger partial charge in [0.25, 0.3) is 0 Å². The third kappa shape index (κ3) is 4.73. The SMILES string of the molecule is CC(C)COc1ccc(CC(=O)N2CCCCC2CN)cc1. The largest absolute Gasteiger partial charge is 0.493 e. The Morgan fingerprint density at radius 3 is 2.68 bits per heavy atom. The van der Waals surface area contributed by atoms with E-state index in [2.05, 4.69) is 13.8 Å². The Morgan fingerprint density at radius 2 is 2.05 bits per heavy atom. The molecule has 0 radical (unpaired) electrons. The molecule has 1 aliphatic rings. The Morgan fingerprint density at radius 1 is 1.32 bits per heavy atom. The maximum atomic E-state index is 12.5. The van der Waals surface area contributed by atoms with Crippen molar-refractivity contribution in [1.29, 1.82) is 0 Å². The standard InChI is InChI=1S/C18H28N2O2/c1-14(2)13-22-17-8-6-15(7-9-17)11-18(21)20-10-4-3-5-16(20)12-19/h6-9,14,16H,3-5,10-13,19H2,1-2H3. The molecule has 1 aliphatic heterocycles. The molecule has 1 amide bonds. The molecule has 2 N–H and O–H groups in total. The van der Waals surface area contributed by atoms with E-state index in [1.807, 2.05) is 29.2 Å². The van der Waals surface area contributed by atoms with Gasteiger partial charge in [0.15, 0.2) is 0 Å². The molecule has 4 heteroatoms. The van der Waals surface area contributed by atoms with E-state index in [0.717, 1.165) is 30.7 Å². The molecule has 0 aliphatic carbocycles. The molecular formula is C18H28N2O2. The fourth-order valence-electron chi connectivity index (χ4n) is 2.82. The molecule has 4 nitrogen and oxygen atoms in total. The maximum Gasteiger partial charge on any atom is 0.227 e. The molecule has 122 valence electrons. The highest BCUT2D eigenvalue weighted by atomic mass is 16.5. The van der Waals surface area contributed by atoms with Gasteiger partial charge in [0, 0.05) is 19.1 Å². The second-order valence-corrected chi connectivity index (χ2v) is 6.50. The van der Waals surface area contributed by atoms with E-state index in [0.29, 0.717) is 25.5 Å². The number of rotatable bonds is 6. The van der Waals surface area contributed by atoms with Gasteiger partial charge < -0.3 is 15.4 Å². The Bertz CT molecular complexity index is 470. The summed E-state index contributed by atoms with van der Waals surface area (Å²) >= 11 is 0. The number of likely N-dealkylation sites (tertiary alicyclic amines) is 1. The number of hydrogen-bond donors (Lipinski definition) is 1. The van der Waals surface area contributed by atoms with Crippen LogP contribution < -0.4 is 10.5 Å². The van der Waals surface area contributed by atoms with Crippen molar-refractivity contribution in [3.63, 3.8) is 0 Å². The Balaban J connectivity index is 1.90. The van der Waals surface area contributed by atoms with Crippen LogP contribution in [0.2, 0.25) is 0 Å². The van der Waals surface area contributed by atoms with Gasteiger partial charge in [0.05, 0.1) is 13.0 Å². The van der Waals surface area contributed by atoms with Crippen molar-refractivity contribution < 1.29 is 9.53 Å². The van der Waals surface area contributed by atoms with Gasteiger partial charge in [0.1, 0.15) is 5.75 Å². The molecule has 1 aromatic rings. The zero-order valence-electron chi connectivity index (χ0n) is 13.8. The molecule has 0 bridgehead atoms. The van der Waals surface area contributed by atoms with Crippen LogP contribution in [-0.4, -0.2) is 36.5 Å². The topological polar surface area (TPSA) is 55.6 Å². The lowest BCUT2D eigenvalue weighted by molar-refractivity contribution is -0.133. The molecule has 0 aromatic heterocycles. The number of carbonyl (C=O) groups is 1. The van der Waals surface area contributed by atoms with Crippen molar-refractivity contribution in [2.45, 2.75) is 45.6 Å². The number of nitrogens with zero attached hydrogens (tertiary/aromatic N) is 1. The number of hydrogen-bond acceptors (Lipinski definition) is 3. The number of benzene rings is 1.